The van der Waals surface area contributed by atoms with Crippen molar-refractivity contribution < 1.29 is 13.2 Å². The number of anilines is 1. The molecule has 1 aromatic carbocycles. The molecule has 0 bridgehead atoms. The molecule has 0 saturated carbocycles. The molecule has 0 saturated heterocycles. The number of carbonyl (C=O) groups is 1. The zero-order valence-corrected chi connectivity index (χ0v) is 12.0. The minimum atomic E-state index is -3.28. The number of carbonyl (C=O) groups excluding carboxylic acids is 1. The van der Waals surface area contributed by atoms with E-state index in [4.69, 9.17) is 5.73 Å². The van der Waals surface area contributed by atoms with Gasteiger partial charge in [-0.25, -0.2) is 8.42 Å². The van der Waals surface area contributed by atoms with Crippen LogP contribution in [-0.4, -0.2) is 26.6 Å². The van der Waals surface area contributed by atoms with E-state index in [2.05, 4.69) is 5.32 Å². The molecule has 0 aliphatic heterocycles. The molecule has 106 valence electrons. The Balaban J connectivity index is 2.75. The SMILES string of the molecule is CCCCC(N)C(=O)Nc1cccc(S(C)(=O)=O)c1. The van der Waals surface area contributed by atoms with Gasteiger partial charge in [0.15, 0.2) is 9.84 Å². The Kier molecular flexibility index (Phi) is 5.50. The molecule has 6 heteroatoms. The first-order chi connectivity index (χ1) is 8.84. The monoisotopic (exact) mass is 284 g/mol. The van der Waals surface area contributed by atoms with E-state index in [0.29, 0.717) is 12.1 Å². The third kappa shape index (κ3) is 5.00. The van der Waals surface area contributed by atoms with Gasteiger partial charge in [0.25, 0.3) is 0 Å². The maximum atomic E-state index is 11.8. The summed E-state index contributed by atoms with van der Waals surface area (Å²) in [5.41, 5.74) is 6.19. The summed E-state index contributed by atoms with van der Waals surface area (Å²) in [7, 11) is -3.28. The van der Waals surface area contributed by atoms with E-state index in [-0.39, 0.29) is 10.8 Å². The number of sulfone groups is 1. The van der Waals surface area contributed by atoms with Crippen molar-refractivity contribution in [1.82, 2.24) is 0 Å². The maximum Gasteiger partial charge on any atom is 0.241 e. The van der Waals surface area contributed by atoms with Crippen LogP contribution in [0.5, 0.6) is 0 Å². The van der Waals surface area contributed by atoms with E-state index >= 15 is 0 Å². The van der Waals surface area contributed by atoms with Crippen molar-refractivity contribution in [3.8, 4) is 0 Å². The van der Waals surface area contributed by atoms with Crippen molar-refractivity contribution >= 4 is 21.4 Å². The largest absolute Gasteiger partial charge is 0.325 e. The Morgan fingerprint density at radius 1 is 1.42 bits per heavy atom. The lowest BCUT2D eigenvalue weighted by Gasteiger charge is -2.12. The Hall–Kier alpha value is -1.40. The predicted molar refractivity (Wildman–Crippen MR) is 75.7 cm³/mol. The average Bonchev–Trinajstić information content (AvgIpc) is 2.35. The average molecular weight is 284 g/mol. The summed E-state index contributed by atoms with van der Waals surface area (Å²) in [4.78, 5) is 12.0. The number of benzene rings is 1. The molecule has 0 aromatic heterocycles. The quantitative estimate of drug-likeness (QED) is 0.829. The highest BCUT2D eigenvalue weighted by atomic mass is 32.2. The first-order valence-electron chi connectivity index (χ1n) is 6.21. The molecule has 1 atom stereocenters. The van der Waals surface area contributed by atoms with Crippen LogP contribution in [0.25, 0.3) is 0 Å². The molecule has 1 aromatic rings. The van der Waals surface area contributed by atoms with Gasteiger partial charge in [0, 0.05) is 11.9 Å². The van der Waals surface area contributed by atoms with Gasteiger partial charge in [0.05, 0.1) is 10.9 Å². The third-order valence-corrected chi connectivity index (χ3v) is 3.85. The number of unbranched alkanes of at least 4 members (excludes halogenated alkanes) is 1. The molecule has 1 amide bonds. The van der Waals surface area contributed by atoms with Gasteiger partial charge in [0.1, 0.15) is 0 Å². The molecule has 3 N–H and O–H groups in total. The van der Waals surface area contributed by atoms with Crippen molar-refractivity contribution in [2.24, 2.45) is 5.73 Å². The Morgan fingerprint density at radius 3 is 2.68 bits per heavy atom. The number of amides is 1. The van der Waals surface area contributed by atoms with E-state index in [1.165, 1.54) is 12.1 Å². The molecule has 19 heavy (non-hydrogen) atoms. The van der Waals surface area contributed by atoms with Gasteiger partial charge in [0.2, 0.25) is 5.91 Å². The molecule has 0 heterocycles. The molecule has 0 radical (unpaired) electrons. The fourth-order valence-electron chi connectivity index (χ4n) is 1.59. The number of nitrogens with one attached hydrogen (secondary N) is 1. The highest BCUT2D eigenvalue weighted by Crippen LogP contribution is 2.15. The molecule has 0 spiro atoms. The Bertz CT molecular complexity index is 541. The molecule has 0 fully saturated rings. The van der Waals surface area contributed by atoms with Gasteiger partial charge < -0.3 is 11.1 Å². The van der Waals surface area contributed by atoms with Gasteiger partial charge in [-0.05, 0) is 24.6 Å². The minimum absolute atomic E-state index is 0.174. The van der Waals surface area contributed by atoms with Gasteiger partial charge in [-0.2, -0.15) is 0 Å². The maximum absolute atomic E-state index is 11.8. The van der Waals surface area contributed by atoms with Gasteiger partial charge in [-0.15, -0.1) is 0 Å². The summed E-state index contributed by atoms with van der Waals surface area (Å²) < 4.78 is 22.8. The second-order valence-electron chi connectivity index (χ2n) is 4.54. The first kappa shape index (κ1) is 15.7. The summed E-state index contributed by atoms with van der Waals surface area (Å²) in [6.45, 7) is 2.03. The Labute approximate surface area is 114 Å². The van der Waals surface area contributed by atoms with Crippen LogP contribution < -0.4 is 11.1 Å². The summed E-state index contributed by atoms with van der Waals surface area (Å²) >= 11 is 0. The third-order valence-electron chi connectivity index (χ3n) is 2.74. The van der Waals surface area contributed by atoms with Crippen LogP contribution >= 0.6 is 0 Å². The van der Waals surface area contributed by atoms with Crippen LogP contribution in [0.4, 0.5) is 5.69 Å². The zero-order chi connectivity index (χ0) is 14.5. The summed E-state index contributed by atoms with van der Waals surface area (Å²) in [6, 6.07) is 5.58. The van der Waals surface area contributed by atoms with Gasteiger partial charge in [-0.3, -0.25) is 4.79 Å². The van der Waals surface area contributed by atoms with E-state index in [9.17, 15) is 13.2 Å². The van der Waals surface area contributed by atoms with Crippen LogP contribution in [0.1, 0.15) is 26.2 Å². The number of nitrogens with two attached hydrogens (primary N) is 1. The highest BCUT2D eigenvalue weighted by Gasteiger charge is 2.14. The smallest absolute Gasteiger partial charge is 0.241 e. The number of hydrogen-bond donors (Lipinski definition) is 2. The molecule has 1 rings (SSSR count). The normalized spacial score (nSPS) is 13.0. The van der Waals surface area contributed by atoms with Gasteiger partial charge in [-0.1, -0.05) is 25.8 Å². The van der Waals surface area contributed by atoms with Crippen molar-refractivity contribution in [3.05, 3.63) is 24.3 Å². The fraction of sp³-hybridized carbons (Fsp3) is 0.462. The lowest BCUT2D eigenvalue weighted by Crippen LogP contribution is -2.35. The van der Waals surface area contributed by atoms with E-state index in [1.54, 1.807) is 12.1 Å². The van der Waals surface area contributed by atoms with Crippen LogP contribution in [0.3, 0.4) is 0 Å². The topological polar surface area (TPSA) is 89.3 Å². The number of hydrogen-bond acceptors (Lipinski definition) is 4. The van der Waals surface area contributed by atoms with Crippen LogP contribution in [0.2, 0.25) is 0 Å². The molecular weight excluding hydrogens is 264 g/mol. The van der Waals surface area contributed by atoms with E-state index in [1.807, 2.05) is 6.92 Å². The molecule has 0 aliphatic carbocycles. The van der Waals surface area contributed by atoms with Crippen molar-refractivity contribution in [1.29, 1.82) is 0 Å². The van der Waals surface area contributed by atoms with E-state index in [0.717, 1.165) is 19.1 Å². The van der Waals surface area contributed by atoms with Crippen LogP contribution in [-0.2, 0) is 14.6 Å². The summed E-state index contributed by atoms with van der Waals surface area (Å²) in [5.74, 6) is -0.292. The van der Waals surface area contributed by atoms with Crippen molar-refractivity contribution in [2.45, 2.75) is 37.1 Å². The van der Waals surface area contributed by atoms with Crippen molar-refractivity contribution in [3.63, 3.8) is 0 Å². The first-order valence-corrected chi connectivity index (χ1v) is 8.10. The molecule has 5 nitrogen and oxygen atoms in total. The van der Waals surface area contributed by atoms with Crippen LogP contribution in [0.15, 0.2) is 29.2 Å². The summed E-state index contributed by atoms with van der Waals surface area (Å²) in [5, 5.41) is 2.63. The second kappa shape index (κ2) is 6.68. The molecule has 0 aliphatic rings. The van der Waals surface area contributed by atoms with Crippen molar-refractivity contribution in [2.75, 3.05) is 11.6 Å². The highest BCUT2D eigenvalue weighted by molar-refractivity contribution is 7.90. The lowest BCUT2D eigenvalue weighted by atomic mass is 10.1. The lowest BCUT2D eigenvalue weighted by molar-refractivity contribution is -0.117. The second-order valence-corrected chi connectivity index (χ2v) is 6.55. The summed E-state index contributed by atoms with van der Waals surface area (Å²) in [6.07, 6.45) is 3.61. The molecule has 1 unspecified atom stereocenters. The standard InChI is InChI=1S/C13H20N2O3S/c1-3-4-8-12(14)13(16)15-10-6-5-7-11(9-10)19(2,17)18/h5-7,9,12H,3-4,8,14H2,1-2H3,(H,15,16). The van der Waals surface area contributed by atoms with E-state index < -0.39 is 15.9 Å². The van der Waals surface area contributed by atoms with Crippen LogP contribution in [0, 0.1) is 0 Å². The molecular formula is C13H20N2O3S. The fourth-order valence-corrected chi connectivity index (χ4v) is 2.26. The minimum Gasteiger partial charge on any atom is -0.325 e. The Morgan fingerprint density at radius 2 is 2.11 bits per heavy atom. The predicted octanol–water partition coefficient (Wildman–Crippen LogP) is 1.55. The van der Waals surface area contributed by atoms with Gasteiger partial charge >= 0.3 is 0 Å². The number of rotatable bonds is 6. The zero-order valence-electron chi connectivity index (χ0n) is 11.2.